The predicted molar refractivity (Wildman–Crippen MR) is 102 cm³/mol. The van der Waals surface area contributed by atoms with Gasteiger partial charge in [-0.2, -0.15) is 0 Å². The van der Waals surface area contributed by atoms with Crippen LogP contribution >= 0.6 is 11.8 Å². The maximum Gasteiger partial charge on any atom is 0.318 e. The third-order valence-electron chi connectivity index (χ3n) is 4.07. The van der Waals surface area contributed by atoms with Gasteiger partial charge in [0.1, 0.15) is 0 Å². The van der Waals surface area contributed by atoms with Crippen LogP contribution in [-0.2, 0) is 16.1 Å². The number of imide groups is 1. The van der Waals surface area contributed by atoms with Crippen molar-refractivity contribution >= 4 is 29.6 Å². The smallest absolute Gasteiger partial charge is 0.318 e. The molecule has 144 valence electrons. The van der Waals surface area contributed by atoms with Crippen LogP contribution in [0.25, 0.3) is 0 Å². The van der Waals surface area contributed by atoms with Crippen LogP contribution < -0.4 is 16.0 Å². The number of primary amides is 1. The number of nitrogens with zero attached hydrogens (tertiary/aromatic N) is 4. The molecule has 0 aliphatic carbocycles. The summed E-state index contributed by atoms with van der Waals surface area (Å²) in [7, 11) is 0. The van der Waals surface area contributed by atoms with Gasteiger partial charge in [-0.1, -0.05) is 42.1 Å². The van der Waals surface area contributed by atoms with Gasteiger partial charge in [-0.05, 0) is 12.5 Å². The summed E-state index contributed by atoms with van der Waals surface area (Å²) in [5.74, 6) is 0.279. The molecule has 0 spiro atoms. The van der Waals surface area contributed by atoms with Crippen LogP contribution in [0.2, 0.25) is 0 Å². The van der Waals surface area contributed by atoms with E-state index in [4.69, 9.17) is 10.5 Å². The highest BCUT2D eigenvalue weighted by Crippen LogP contribution is 2.27. The number of rotatable bonds is 6. The molecular formula is C17H22N6O3S. The third kappa shape index (κ3) is 4.98. The van der Waals surface area contributed by atoms with Gasteiger partial charge in [0.25, 0.3) is 0 Å². The van der Waals surface area contributed by atoms with Gasteiger partial charge in [0.2, 0.25) is 11.9 Å². The van der Waals surface area contributed by atoms with Gasteiger partial charge in [-0.15, -0.1) is 10.2 Å². The lowest BCUT2D eigenvalue weighted by molar-refractivity contribution is -0.119. The number of thioether (sulfide) groups is 1. The lowest BCUT2D eigenvalue weighted by atomic mass is 10.2. The van der Waals surface area contributed by atoms with Gasteiger partial charge in [-0.3, -0.25) is 14.7 Å². The summed E-state index contributed by atoms with van der Waals surface area (Å²) in [6.45, 7) is 5.01. The van der Waals surface area contributed by atoms with Crippen molar-refractivity contribution in [3.63, 3.8) is 0 Å². The molecule has 1 atom stereocenters. The van der Waals surface area contributed by atoms with Crippen LogP contribution in [-0.4, -0.2) is 58.3 Å². The van der Waals surface area contributed by atoms with Gasteiger partial charge in [0.15, 0.2) is 5.16 Å². The van der Waals surface area contributed by atoms with E-state index in [0.717, 1.165) is 24.6 Å². The number of hydrogen-bond donors (Lipinski definition) is 2. The number of ether oxygens (including phenoxy) is 1. The molecule has 1 unspecified atom stereocenters. The Morgan fingerprint density at radius 3 is 2.63 bits per heavy atom. The quantitative estimate of drug-likeness (QED) is 0.702. The Labute approximate surface area is 161 Å². The van der Waals surface area contributed by atoms with Crippen LogP contribution in [0, 0.1) is 0 Å². The number of carbonyl (C=O) groups excluding carboxylic acids is 2. The normalized spacial score (nSPS) is 15.4. The van der Waals surface area contributed by atoms with E-state index in [2.05, 4.69) is 20.4 Å². The molecule has 3 amide bonds. The van der Waals surface area contributed by atoms with Crippen molar-refractivity contribution in [1.82, 2.24) is 20.1 Å². The first-order valence-electron chi connectivity index (χ1n) is 8.61. The van der Waals surface area contributed by atoms with Crippen molar-refractivity contribution in [1.29, 1.82) is 0 Å². The van der Waals surface area contributed by atoms with Gasteiger partial charge in [-0.25, -0.2) is 4.79 Å². The van der Waals surface area contributed by atoms with Crippen molar-refractivity contribution in [2.75, 3.05) is 31.2 Å². The first kappa shape index (κ1) is 19.2. The zero-order valence-electron chi connectivity index (χ0n) is 15.0. The fourth-order valence-corrected chi connectivity index (χ4v) is 3.55. The van der Waals surface area contributed by atoms with E-state index in [0.29, 0.717) is 24.9 Å². The molecule has 0 saturated carbocycles. The number of nitrogens with two attached hydrogens (primary N) is 1. The molecule has 2 heterocycles. The summed E-state index contributed by atoms with van der Waals surface area (Å²) in [4.78, 5) is 25.1. The summed E-state index contributed by atoms with van der Waals surface area (Å²) in [5, 5.41) is 10.8. The number of urea groups is 1. The number of hydrogen-bond acceptors (Lipinski definition) is 7. The average Bonchev–Trinajstić information content (AvgIpc) is 3.05. The van der Waals surface area contributed by atoms with E-state index in [1.165, 1.54) is 11.8 Å². The van der Waals surface area contributed by atoms with E-state index in [1.54, 1.807) is 6.92 Å². The lowest BCUT2D eigenvalue weighted by Gasteiger charge is -2.28. The molecule has 9 nitrogen and oxygen atoms in total. The minimum Gasteiger partial charge on any atom is -0.378 e. The molecule has 1 aliphatic rings. The standard InChI is InChI=1S/C17H22N6O3S/c1-12(14(24)19-15(18)25)27-17-21-20-16(22-7-9-26-10-8-22)23(17)11-13-5-3-2-4-6-13/h2-6,12H,7-11H2,1H3,(H3,18,19,24,25). The van der Waals surface area contributed by atoms with Crippen LogP contribution in [0.5, 0.6) is 0 Å². The molecule has 1 aliphatic heterocycles. The molecule has 0 radical (unpaired) electrons. The second-order valence-electron chi connectivity index (χ2n) is 6.07. The molecule has 3 N–H and O–H groups in total. The summed E-state index contributed by atoms with van der Waals surface area (Å²) < 4.78 is 7.40. The Morgan fingerprint density at radius 1 is 1.26 bits per heavy atom. The highest BCUT2D eigenvalue weighted by Gasteiger charge is 2.24. The Balaban J connectivity index is 1.85. The minimum absolute atomic E-state index is 0.463. The van der Waals surface area contributed by atoms with Gasteiger partial charge in [0.05, 0.1) is 25.0 Å². The largest absolute Gasteiger partial charge is 0.378 e. The Kier molecular flexibility index (Phi) is 6.30. The molecular weight excluding hydrogens is 368 g/mol. The van der Waals surface area contributed by atoms with E-state index in [9.17, 15) is 9.59 Å². The second-order valence-corrected chi connectivity index (χ2v) is 7.38. The highest BCUT2D eigenvalue weighted by atomic mass is 32.2. The lowest BCUT2D eigenvalue weighted by Crippen LogP contribution is -2.39. The predicted octanol–water partition coefficient (Wildman–Crippen LogP) is 0.838. The molecule has 10 heteroatoms. The third-order valence-corrected chi connectivity index (χ3v) is 5.15. The summed E-state index contributed by atoms with van der Waals surface area (Å²) in [5.41, 5.74) is 6.13. The molecule has 27 heavy (non-hydrogen) atoms. The van der Waals surface area contributed by atoms with Crippen molar-refractivity contribution in [3.05, 3.63) is 35.9 Å². The first-order chi connectivity index (χ1) is 13.0. The summed E-state index contributed by atoms with van der Waals surface area (Å²) in [6.07, 6.45) is 0. The van der Waals surface area contributed by atoms with Crippen molar-refractivity contribution in [2.45, 2.75) is 23.9 Å². The Hall–Kier alpha value is -2.59. The number of morpholine rings is 1. The first-order valence-corrected chi connectivity index (χ1v) is 9.49. The molecule has 1 saturated heterocycles. The van der Waals surface area contributed by atoms with E-state index >= 15 is 0 Å². The summed E-state index contributed by atoms with van der Waals surface area (Å²) >= 11 is 1.24. The van der Waals surface area contributed by atoms with Crippen molar-refractivity contribution in [3.8, 4) is 0 Å². The van der Waals surface area contributed by atoms with Gasteiger partial charge < -0.3 is 15.4 Å². The fraction of sp³-hybridized carbons (Fsp3) is 0.412. The number of aromatic nitrogens is 3. The Bertz CT molecular complexity index is 791. The van der Waals surface area contributed by atoms with Crippen LogP contribution in [0.3, 0.4) is 0 Å². The zero-order chi connectivity index (χ0) is 19.2. The number of benzene rings is 1. The second kappa shape index (κ2) is 8.87. The Morgan fingerprint density at radius 2 is 1.96 bits per heavy atom. The maximum atomic E-state index is 12.0. The molecule has 1 aromatic heterocycles. The molecule has 3 rings (SSSR count). The van der Waals surface area contributed by atoms with Gasteiger partial charge >= 0.3 is 6.03 Å². The number of amides is 3. The molecule has 1 aromatic carbocycles. The van der Waals surface area contributed by atoms with E-state index < -0.39 is 17.2 Å². The molecule has 2 aromatic rings. The average molecular weight is 390 g/mol. The van der Waals surface area contributed by atoms with Crippen LogP contribution in [0.4, 0.5) is 10.7 Å². The van der Waals surface area contributed by atoms with E-state index in [-0.39, 0.29) is 0 Å². The number of anilines is 1. The molecule has 0 bridgehead atoms. The zero-order valence-corrected chi connectivity index (χ0v) is 15.8. The van der Waals surface area contributed by atoms with Gasteiger partial charge in [0, 0.05) is 13.1 Å². The number of nitrogens with one attached hydrogen (secondary N) is 1. The van der Waals surface area contributed by atoms with Crippen molar-refractivity contribution in [2.24, 2.45) is 5.73 Å². The molecule has 1 fully saturated rings. The monoisotopic (exact) mass is 390 g/mol. The van der Waals surface area contributed by atoms with Crippen molar-refractivity contribution < 1.29 is 14.3 Å². The number of carbonyl (C=O) groups is 2. The SMILES string of the molecule is CC(Sc1nnc(N2CCOCC2)n1Cc1ccccc1)C(=O)NC(N)=O. The summed E-state index contributed by atoms with van der Waals surface area (Å²) in [6, 6.07) is 9.10. The highest BCUT2D eigenvalue weighted by molar-refractivity contribution is 8.00. The fourth-order valence-electron chi connectivity index (χ4n) is 2.70. The van der Waals surface area contributed by atoms with Crippen LogP contribution in [0.1, 0.15) is 12.5 Å². The minimum atomic E-state index is -0.868. The van der Waals surface area contributed by atoms with Crippen LogP contribution in [0.15, 0.2) is 35.5 Å². The maximum absolute atomic E-state index is 12.0. The van der Waals surface area contributed by atoms with E-state index in [1.807, 2.05) is 34.9 Å². The topological polar surface area (TPSA) is 115 Å².